The maximum atomic E-state index is 2.32. The fraction of sp³-hybridized carbons (Fsp3) is 1.00. The second-order valence-corrected chi connectivity index (χ2v) is 8.92. The van der Waals surface area contributed by atoms with E-state index in [-0.39, 0.29) is 15.8 Å². The van der Waals surface area contributed by atoms with Gasteiger partial charge in [-0.15, -0.1) is 0 Å². The van der Waals surface area contributed by atoms with Gasteiger partial charge in [-0.25, -0.2) is 0 Å². The van der Waals surface area contributed by atoms with E-state index in [2.05, 4.69) is 69.2 Å². The molecule has 0 nitrogen and oxygen atoms in total. The van der Waals surface area contributed by atoms with E-state index in [0.717, 1.165) is 11.8 Å². The molecule has 3 radical (unpaired) electrons. The number of unbranched alkanes of at least 4 members (excludes halogenated alkanes) is 1. The Morgan fingerprint density at radius 1 is 0.600 bits per heavy atom. The Morgan fingerprint density at radius 2 is 0.933 bits per heavy atom. The molecule has 1 aliphatic rings. The Balaban J connectivity index is -0.0000000934. The molecule has 30 heavy (non-hydrogen) atoms. The predicted octanol–water partition coefficient (Wildman–Crippen LogP) is 11.5. The highest BCUT2D eigenvalue weighted by Gasteiger charge is 2.20. The van der Waals surface area contributed by atoms with Crippen LogP contribution >= 0.6 is 0 Å². The highest BCUT2D eigenvalue weighted by Crippen LogP contribution is 2.33. The summed E-state index contributed by atoms with van der Waals surface area (Å²) in [6.45, 7) is 22.7. The Hall–Kier alpha value is 0.0649. The summed E-state index contributed by atoms with van der Waals surface area (Å²) < 4.78 is 0. The minimum absolute atomic E-state index is 0. The van der Waals surface area contributed by atoms with Crippen molar-refractivity contribution in [1.29, 1.82) is 0 Å². The summed E-state index contributed by atoms with van der Waals surface area (Å²) in [5, 5.41) is 0. The number of hydrogen-bond acceptors (Lipinski definition) is 0. The first kappa shape index (κ1) is 40.4. The lowest BCUT2D eigenvalue weighted by Crippen LogP contribution is -2.15. The Morgan fingerprint density at radius 3 is 1.03 bits per heavy atom. The van der Waals surface area contributed by atoms with Crippen molar-refractivity contribution in [3.63, 3.8) is 0 Å². The van der Waals surface area contributed by atoms with Crippen LogP contribution in [0.25, 0.3) is 0 Å². The van der Waals surface area contributed by atoms with Crippen LogP contribution in [-0.2, 0) is 0 Å². The van der Waals surface area contributed by atoms with Crippen molar-refractivity contribution in [3.8, 4) is 0 Å². The van der Waals surface area contributed by atoms with Crippen molar-refractivity contribution >= 4 is 8.41 Å². The average Bonchev–Trinajstić information content (AvgIpc) is 2.78. The standard InChI is InChI=1S/C9H20.C8H16.C7H16.C4H10.CH4.B/c1-5-9(6-2,7-3)8-4;1-2-8-6-4-3-5-7-8;1-4-7(5-2)6-3;1-3-4-2;;/h5-8H2,1-4H3;8H,2-7H2,1H3;7H,4-6H2,1-3H3;3-4H2,1-2H3;1H4;. The first-order valence-electron chi connectivity index (χ1n) is 13.4. The molecular formula is C29H66B. The van der Waals surface area contributed by atoms with Gasteiger partial charge in [0.05, 0.1) is 0 Å². The van der Waals surface area contributed by atoms with Gasteiger partial charge in [0, 0.05) is 8.41 Å². The van der Waals surface area contributed by atoms with Crippen LogP contribution < -0.4 is 0 Å². The maximum absolute atomic E-state index is 2.32. The van der Waals surface area contributed by atoms with Crippen molar-refractivity contribution in [2.24, 2.45) is 17.3 Å². The third-order valence-electron chi connectivity index (χ3n) is 7.53. The molecule has 1 heteroatoms. The molecule has 0 bridgehead atoms. The summed E-state index contributed by atoms with van der Waals surface area (Å²) in [6.07, 6.45) is 21.0. The van der Waals surface area contributed by atoms with Gasteiger partial charge < -0.3 is 0 Å². The van der Waals surface area contributed by atoms with Crippen molar-refractivity contribution in [2.45, 2.75) is 173 Å². The molecule has 0 aromatic heterocycles. The molecule has 0 spiro atoms. The van der Waals surface area contributed by atoms with Gasteiger partial charge in [0.25, 0.3) is 0 Å². The van der Waals surface area contributed by atoms with Crippen LogP contribution in [0.2, 0.25) is 0 Å². The zero-order valence-electron chi connectivity index (χ0n) is 22.8. The van der Waals surface area contributed by atoms with Crippen LogP contribution in [0, 0.1) is 17.3 Å². The van der Waals surface area contributed by atoms with Crippen molar-refractivity contribution in [2.75, 3.05) is 0 Å². The van der Waals surface area contributed by atoms with Crippen LogP contribution in [0.5, 0.6) is 0 Å². The lowest BCUT2D eigenvalue weighted by Gasteiger charge is -2.28. The van der Waals surface area contributed by atoms with Gasteiger partial charge in [0.15, 0.2) is 0 Å². The molecule has 1 rings (SSSR count). The van der Waals surface area contributed by atoms with Crippen molar-refractivity contribution in [1.82, 2.24) is 0 Å². The normalized spacial score (nSPS) is 13.3. The molecule has 0 amide bonds. The van der Waals surface area contributed by atoms with E-state index in [1.165, 1.54) is 96.3 Å². The molecule has 0 unspecified atom stereocenters. The molecule has 0 aromatic rings. The van der Waals surface area contributed by atoms with E-state index in [9.17, 15) is 0 Å². The topological polar surface area (TPSA) is 0 Å². The molecule has 1 aliphatic carbocycles. The zero-order chi connectivity index (χ0) is 22.3. The second-order valence-electron chi connectivity index (χ2n) is 8.92. The fourth-order valence-corrected chi connectivity index (χ4v) is 3.96. The van der Waals surface area contributed by atoms with E-state index >= 15 is 0 Å². The van der Waals surface area contributed by atoms with Gasteiger partial charge in [0.2, 0.25) is 0 Å². The zero-order valence-corrected chi connectivity index (χ0v) is 22.8. The average molecular weight is 426 g/mol. The second kappa shape index (κ2) is 31.3. The van der Waals surface area contributed by atoms with Crippen molar-refractivity contribution in [3.05, 3.63) is 0 Å². The Bertz CT molecular complexity index is 222. The Labute approximate surface area is 198 Å². The third kappa shape index (κ3) is 24.3. The molecule has 0 N–H and O–H groups in total. The number of hydrogen-bond donors (Lipinski definition) is 0. The summed E-state index contributed by atoms with van der Waals surface area (Å²) >= 11 is 0. The predicted molar refractivity (Wildman–Crippen MR) is 148 cm³/mol. The molecule has 0 aliphatic heterocycles. The van der Waals surface area contributed by atoms with Crippen molar-refractivity contribution < 1.29 is 0 Å². The molecule has 185 valence electrons. The molecule has 0 saturated heterocycles. The highest BCUT2D eigenvalue weighted by atomic mass is 14.3. The first-order valence-corrected chi connectivity index (χ1v) is 13.4. The van der Waals surface area contributed by atoms with E-state index in [1.807, 2.05) is 0 Å². The molecule has 1 fully saturated rings. The van der Waals surface area contributed by atoms with Crippen LogP contribution in [0.15, 0.2) is 0 Å². The monoisotopic (exact) mass is 426 g/mol. The summed E-state index contributed by atoms with van der Waals surface area (Å²) in [7, 11) is 0. The Kier molecular flexibility index (Phi) is 42.1. The van der Waals surface area contributed by atoms with Crippen LogP contribution in [0.3, 0.4) is 0 Å². The molecular weight excluding hydrogens is 359 g/mol. The van der Waals surface area contributed by atoms with E-state index in [1.54, 1.807) is 0 Å². The molecule has 0 atom stereocenters. The number of rotatable bonds is 9. The van der Waals surface area contributed by atoms with Gasteiger partial charge in [-0.05, 0) is 17.3 Å². The minimum Gasteiger partial charge on any atom is -0.0776 e. The molecule has 0 aromatic carbocycles. The summed E-state index contributed by atoms with van der Waals surface area (Å²) in [6, 6.07) is 0. The fourth-order valence-electron chi connectivity index (χ4n) is 3.96. The first-order chi connectivity index (χ1) is 13.4. The quantitative estimate of drug-likeness (QED) is 0.322. The van der Waals surface area contributed by atoms with Crippen LogP contribution in [0.4, 0.5) is 0 Å². The third-order valence-corrected chi connectivity index (χ3v) is 7.53. The van der Waals surface area contributed by atoms with Crippen LogP contribution in [-0.4, -0.2) is 8.41 Å². The van der Waals surface area contributed by atoms with Gasteiger partial charge >= 0.3 is 0 Å². The largest absolute Gasteiger partial charge is 0.0776 e. The van der Waals surface area contributed by atoms with Gasteiger partial charge in [-0.1, -0.05) is 173 Å². The maximum Gasteiger partial charge on any atom is 0 e. The van der Waals surface area contributed by atoms with E-state index < -0.39 is 0 Å². The summed E-state index contributed by atoms with van der Waals surface area (Å²) in [5.41, 5.74) is 0.667. The summed E-state index contributed by atoms with van der Waals surface area (Å²) in [5.74, 6) is 2.07. The highest BCUT2D eigenvalue weighted by molar-refractivity contribution is 5.75. The molecule has 0 heterocycles. The minimum atomic E-state index is 0. The summed E-state index contributed by atoms with van der Waals surface area (Å²) in [4.78, 5) is 0. The molecule has 1 saturated carbocycles. The van der Waals surface area contributed by atoms with E-state index in [0.29, 0.717) is 5.41 Å². The van der Waals surface area contributed by atoms with E-state index in [4.69, 9.17) is 0 Å². The smallest absolute Gasteiger partial charge is 0 e. The lowest BCUT2D eigenvalue weighted by molar-refractivity contribution is 0.240. The van der Waals surface area contributed by atoms with Crippen LogP contribution in [0.1, 0.15) is 173 Å². The lowest BCUT2D eigenvalue weighted by atomic mass is 9.78. The SMILES string of the molecule is C.CCC(CC)(CC)CC.CCC(CC)CC.CCC1CCCCC1.CCCC.[B]. The van der Waals surface area contributed by atoms with Gasteiger partial charge in [-0.3, -0.25) is 0 Å². The van der Waals surface area contributed by atoms with Gasteiger partial charge in [-0.2, -0.15) is 0 Å². The van der Waals surface area contributed by atoms with Gasteiger partial charge in [0.1, 0.15) is 0 Å².